The maximum atomic E-state index is 12.0. The van der Waals surface area contributed by atoms with Crippen LogP contribution < -0.4 is 20.1 Å². The zero-order valence-electron chi connectivity index (χ0n) is 14.4. The lowest BCUT2D eigenvalue weighted by atomic mass is 10.0. The predicted molar refractivity (Wildman–Crippen MR) is 92.9 cm³/mol. The van der Waals surface area contributed by atoms with Crippen LogP contribution in [0.1, 0.15) is 24.4 Å². The highest BCUT2D eigenvalue weighted by atomic mass is 35.5. The SMILES string of the molecule is CNCCC(=O)NC(CC(=O)OC)c1ccc(OC)c(OC)c1.Cl. The number of benzene rings is 1. The van der Waals surface area contributed by atoms with Crippen LogP contribution in [-0.4, -0.2) is 46.8 Å². The van der Waals surface area contributed by atoms with Crippen LogP contribution in [0.15, 0.2) is 18.2 Å². The van der Waals surface area contributed by atoms with Crippen molar-refractivity contribution >= 4 is 24.3 Å². The third-order valence-electron chi connectivity index (χ3n) is 3.35. The number of carbonyl (C=O) groups excluding carboxylic acids is 2. The Morgan fingerprint density at radius 3 is 2.33 bits per heavy atom. The molecule has 0 aliphatic heterocycles. The molecule has 0 bridgehead atoms. The van der Waals surface area contributed by atoms with Crippen LogP contribution in [0.2, 0.25) is 0 Å². The van der Waals surface area contributed by atoms with Crippen LogP contribution in [-0.2, 0) is 14.3 Å². The first-order chi connectivity index (χ1) is 11.0. The average Bonchev–Trinajstić information content (AvgIpc) is 2.58. The third-order valence-corrected chi connectivity index (χ3v) is 3.35. The van der Waals surface area contributed by atoms with Crippen molar-refractivity contribution in [1.29, 1.82) is 0 Å². The van der Waals surface area contributed by atoms with E-state index in [4.69, 9.17) is 14.2 Å². The number of halogens is 1. The highest BCUT2D eigenvalue weighted by Crippen LogP contribution is 2.31. The van der Waals surface area contributed by atoms with Gasteiger partial charge in [-0.05, 0) is 24.7 Å². The van der Waals surface area contributed by atoms with Crippen LogP contribution in [0.25, 0.3) is 0 Å². The molecule has 0 radical (unpaired) electrons. The van der Waals surface area contributed by atoms with E-state index in [0.29, 0.717) is 24.5 Å². The van der Waals surface area contributed by atoms with E-state index in [2.05, 4.69) is 10.6 Å². The largest absolute Gasteiger partial charge is 0.493 e. The third kappa shape index (κ3) is 6.64. The molecule has 1 amide bonds. The second kappa shape index (κ2) is 11.5. The highest BCUT2D eigenvalue weighted by molar-refractivity contribution is 5.85. The van der Waals surface area contributed by atoms with E-state index in [1.54, 1.807) is 32.4 Å². The molecule has 1 rings (SSSR count). The Hall–Kier alpha value is -1.99. The monoisotopic (exact) mass is 360 g/mol. The minimum atomic E-state index is -0.494. The van der Waals surface area contributed by atoms with Crippen LogP contribution in [0.4, 0.5) is 0 Å². The molecule has 1 unspecified atom stereocenters. The van der Waals surface area contributed by atoms with Crippen molar-refractivity contribution in [1.82, 2.24) is 10.6 Å². The summed E-state index contributed by atoms with van der Waals surface area (Å²) in [5.41, 5.74) is 0.742. The van der Waals surface area contributed by atoms with E-state index in [1.165, 1.54) is 14.2 Å². The zero-order chi connectivity index (χ0) is 17.2. The summed E-state index contributed by atoms with van der Waals surface area (Å²) in [6, 6.07) is 4.77. The molecule has 0 saturated heterocycles. The fraction of sp³-hybridized carbons (Fsp3) is 0.500. The van der Waals surface area contributed by atoms with Gasteiger partial charge < -0.3 is 24.8 Å². The number of hydrogen-bond acceptors (Lipinski definition) is 6. The van der Waals surface area contributed by atoms with Crippen molar-refractivity contribution in [2.75, 3.05) is 34.9 Å². The zero-order valence-corrected chi connectivity index (χ0v) is 15.2. The first-order valence-electron chi connectivity index (χ1n) is 7.28. The van der Waals surface area contributed by atoms with Crippen molar-refractivity contribution in [3.63, 3.8) is 0 Å². The summed E-state index contributed by atoms with van der Waals surface area (Å²) < 4.78 is 15.2. The Morgan fingerprint density at radius 2 is 1.79 bits per heavy atom. The van der Waals surface area contributed by atoms with Crippen molar-refractivity contribution in [2.45, 2.75) is 18.9 Å². The fourth-order valence-electron chi connectivity index (χ4n) is 2.08. The molecule has 0 aliphatic carbocycles. The van der Waals surface area contributed by atoms with Gasteiger partial charge in [0.2, 0.25) is 5.91 Å². The van der Waals surface area contributed by atoms with Crippen molar-refractivity contribution in [2.24, 2.45) is 0 Å². The normalized spacial score (nSPS) is 11.0. The first-order valence-corrected chi connectivity index (χ1v) is 7.28. The second-order valence-corrected chi connectivity index (χ2v) is 4.87. The molecule has 1 aromatic carbocycles. The Balaban J connectivity index is 0.00000529. The highest BCUT2D eigenvalue weighted by Gasteiger charge is 2.20. The van der Waals surface area contributed by atoms with Gasteiger partial charge in [0.25, 0.3) is 0 Å². The number of ether oxygens (including phenoxy) is 3. The van der Waals surface area contributed by atoms with Crippen LogP contribution >= 0.6 is 12.4 Å². The molecule has 0 fully saturated rings. The molecule has 0 saturated carbocycles. The van der Waals surface area contributed by atoms with Gasteiger partial charge in [-0.2, -0.15) is 0 Å². The van der Waals surface area contributed by atoms with Crippen molar-refractivity contribution in [3.8, 4) is 11.5 Å². The number of nitrogens with one attached hydrogen (secondary N) is 2. The second-order valence-electron chi connectivity index (χ2n) is 4.87. The molecule has 1 atom stereocenters. The van der Waals surface area contributed by atoms with Crippen LogP contribution in [0, 0.1) is 0 Å². The van der Waals surface area contributed by atoms with Crippen LogP contribution in [0.5, 0.6) is 11.5 Å². The summed E-state index contributed by atoms with van der Waals surface area (Å²) in [5.74, 6) is 0.556. The average molecular weight is 361 g/mol. The van der Waals surface area contributed by atoms with E-state index >= 15 is 0 Å². The number of hydrogen-bond donors (Lipinski definition) is 2. The lowest BCUT2D eigenvalue weighted by Gasteiger charge is -2.19. The van der Waals surface area contributed by atoms with E-state index < -0.39 is 12.0 Å². The van der Waals surface area contributed by atoms with E-state index in [1.807, 2.05) is 0 Å². The molecule has 8 heteroatoms. The molecule has 0 aliphatic rings. The number of esters is 1. The van der Waals surface area contributed by atoms with Gasteiger partial charge >= 0.3 is 5.97 Å². The lowest BCUT2D eigenvalue weighted by Crippen LogP contribution is -2.32. The van der Waals surface area contributed by atoms with Gasteiger partial charge in [0.1, 0.15) is 0 Å². The van der Waals surface area contributed by atoms with Gasteiger partial charge in [-0.15, -0.1) is 12.4 Å². The molecule has 0 spiro atoms. The van der Waals surface area contributed by atoms with Crippen LogP contribution in [0.3, 0.4) is 0 Å². The maximum absolute atomic E-state index is 12.0. The van der Waals surface area contributed by atoms with Crippen molar-refractivity contribution in [3.05, 3.63) is 23.8 Å². The van der Waals surface area contributed by atoms with Gasteiger partial charge in [-0.3, -0.25) is 9.59 Å². The number of methoxy groups -OCH3 is 3. The van der Waals surface area contributed by atoms with Gasteiger partial charge in [-0.1, -0.05) is 6.07 Å². The molecule has 0 heterocycles. The summed E-state index contributed by atoms with van der Waals surface area (Å²) in [6.45, 7) is 0.558. The van der Waals surface area contributed by atoms with Crippen molar-refractivity contribution < 1.29 is 23.8 Å². The molecule has 2 N–H and O–H groups in total. The van der Waals surface area contributed by atoms with Gasteiger partial charge in [0, 0.05) is 13.0 Å². The van der Waals surface area contributed by atoms with E-state index in [9.17, 15) is 9.59 Å². The Morgan fingerprint density at radius 1 is 1.12 bits per heavy atom. The van der Waals surface area contributed by atoms with Gasteiger partial charge in [0.05, 0.1) is 33.8 Å². The molecule has 0 aromatic heterocycles. The van der Waals surface area contributed by atoms with Gasteiger partial charge in [-0.25, -0.2) is 0 Å². The molecular formula is C16H25ClN2O5. The minimum Gasteiger partial charge on any atom is -0.493 e. The molecule has 7 nitrogen and oxygen atoms in total. The smallest absolute Gasteiger partial charge is 0.307 e. The topological polar surface area (TPSA) is 85.9 Å². The maximum Gasteiger partial charge on any atom is 0.307 e. The summed E-state index contributed by atoms with van der Waals surface area (Å²) in [5, 5.41) is 5.75. The summed E-state index contributed by atoms with van der Waals surface area (Å²) in [6.07, 6.45) is 0.360. The Bertz CT molecular complexity index is 539. The fourth-order valence-corrected chi connectivity index (χ4v) is 2.08. The lowest BCUT2D eigenvalue weighted by molar-refractivity contribution is -0.141. The number of carbonyl (C=O) groups is 2. The summed E-state index contributed by atoms with van der Waals surface area (Å²) in [4.78, 5) is 23.6. The first kappa shape index (κ1) is 22.0. The summed E-state index contributed by atoms with van der Waals surface area (Å²) >= 11 is 0. The standard InChI is InChI=1S/C16H24N2O5.ClH/c1-17-8-7-15(19)18-12(10-16(20)23-4)11-5-6-13(21-2)14(9-11)22-3;/h5-6,9,12,17H,7-8,10H2,1-4H3,(H,18,19);1H. The number of rotatable bonds is 9. The predicted octanol–water partition coefficient (Wildman–Crippen LogP) is 1.46. The van der Waals surface area contributed by atoms with E-state index in [0.717, 1.165) is 5.56 Å². The van der Waals surface area contributed by atoms with Gasteiger partial charge in [0.15, 0.2) is 11.5 Å². The Labute approximate surface area is 148 Å². The minimum absolute atomic E-state index is 0. The molecule has 24 heavy (non-hydrogen) atoms. The quantitative estimate of drug-likeness (QED) is 0.648. The Kier molecular flexibility index (Phi) is 10.6. The summed E-state index contributed by atoms with van der Waals surface area (Å²) in [7, 11) is 6.16. The van der Waals surface area contributed by atoms with E-state index in [-0.39, 0.29) is 24.7 Å². The molecular weight excluding hydrogens is 336 g/mol. The number of amides is 1. The molecule has 1 aromatic rings. The molecule has 136 valence electrons.